The van der Waals surface area contributed by atoms with E-state index < -0.39 is 0 Å². The van der Waals surface area contributed by atoms with Gasteiger partial charge in [0.25, 0.3) is 0 Å². The Morgan fingerprint density at radius 3 is 2.63 bits per heavy atom. The quantitative estimate of drug-likeness (QED) is 0.538. The van der Waals surface area contributed by atoms with Crippen LogP contribution >= 0.6 is 0 Å². The highest BCUT2D eigenvalue weighted by Gasteiger charge is 2.23. The number of aromatic nitrogens is 1. The number of carbonyl (C=O) groups is 1. The standard InChI is InChI=1S/C25H23N3O2/c29-25(13-12-24-26-22-10-3-4-11-23(22)30-24)28-16-14-27(15-17-28)18-20-8-5-7-19-6-1-2-9-21(19)20/h1-13H,14-18H2/p+1/b13-12+. The fourth-order valence-corrected chi connectivity index (χ4v) is 4.15. The summed E-state index contributed by atoms with van der Waals surface area (Å²) in [6.07, 6.45) is 3.23. The van der Waals surface area contributed by atoms with Gasteiger partial charge in [-0.1, -0.05) is 54.6 Å². The number of fused-ring (bicyclic) bond motifs is 2. The van der Waals surface area contributed by atoms with Crippen LogP contribution in [0.4, 0.5) is 0 Å². The molecule has 0 aliphatic carbocycles. The minimum atomic E-state index is 0.0152. The number of oxazole rings is 1. The van der Waals surface area contributed by atoms with Crippen LogP contribution in [0.3, 0.4) is 0 Å². The molecule has 1 saturated heterocycles. The molecule has 2 heterocycles. The van der Waals surface area contributed by atoms with E-state index in [2.05, 4.69) is 47.4 Å². The van der Waals surface area contributed by atoms with Crippen molar-refractivity contribution in [3.05, 3.63) is 84.3 Å². The molecule has 0 bridgehead atoms. The third-order valence-corrected chi connectivity index (χ3v) is 5.78. The number of carbonyl (C=O) groups excluding carboxylic acids is 1. The number of nitrogens with zero attached hydrogens (tertiary/aromatic N) is 2. The van der Waals surface area contributed by atoms with E-state index in [4.69, 9.17) is 4.42 Å². The number of hydrogen-bond acceptors (Lipinski definition) is 3. The van der Waals surface area contributed by atoms with Crippen molar-refractivity contribution in [3.63, 3.8) is 0 Å². The average molecular weight is 398 g/mol. The van der Waals surface area contributed by atoms with Crippen LogP contribution in [0.1, 0.15) is 11.5 Å². The van der Waals surface area contributed by atoms with Gasteiger partial charge in [-0.05, 0) is 22.9 Å². The molecule has 1 fully saturated rings. The number of rotatable bonds is 4. The number of amides is 1. The average Bonchev–Trinajstić information content (AvgIpc) is 3.21. The molecule has 0 radical (unpaired) electrons. The van der Waals surface area contributed by atoms with Crippen LogP contribution in [0.15, 0.2) is 77.2 Å². The first kappa shape index (κ1) is 18.6. The molecule has 0 spiro atoms. The van der Waals surface area contributed by atoms with Crippen molar-refractivity contribution in [2.45, 2.75) is 6.54 Å². The van der Waals surface area contributed by atoms with Gasteiger partial charge in [0, 0.05) is 17.7 Å². The highest BCUT2D eigenvalue weighted by Crippen LogP contribution is 2.18. The van der Waals surface area contributed by atoms with E-state index in [9.17, 15) is 4.79 Å². The van der Waals surface area contributed by atoms with Crippen molar-refractivity contribution in [1.82, 2.24) is 9.88 Å². The molecular weight excluding hydrogens is 374 g/mol. The molecule has 4 aromatic rings. The zero-order chi connectivity index (χ0) is 20.3. The molecule has 0 unspecified atom stereocenters. The van der Waals surface area contributed by atoms with Crippen molar-refractivity contribution in [2.75, 3.05) is 26.2 Å². The second kappa shape index (κ2) is 8.13. The van der Waals surface area contributed by atoms with E-state index in [-0.39, 0.29) is 5.91 Å². The molecule has 0 atom stereocenters. The Kier molecular flexibility index (Phi) is 5.03. The van der Waals surface area contributed by atoms with Crippen molar-refractivity contribution >= 4 is 33.9 Å². The Labute approximate surface area is 175 Å². The maximum absolute atomic E-state index is 12.6. The van der Waals surface area contributed by atoms with Gasteiger partial charge in [0.05, 0.1) is 26.2 Å². The molecule has 3 aromatic carbocycles. The van der Waals surface area contributed by atoms with E-state index >= 15 is 0 Å². The van der Waals surface area contributed by atoms with Crippen LogP contribution in [0.5, 0.6) is 0 Å². The molecule has 5 nitrogen and oxygen atoms in total. The van der Waals surface area contributed by atoms with Gasteiger partial charge in [0.15, 0.2) is 5.58 Å². The Hall–Kier alpha value is -3.44. The Bertz CT molecular complexity index is 1180. The summed E-state index contributed by atoms with van der Waals surface area (Å²) in [6, 6.07) is 22.6. The first-order valence-electron chi connectivity index (χ1n) is 10.4. The monoisotopic (exact) mass is 398 g/mol. The third-order valence-electron chi connectivity index (χ3n) is 5.78. The molecule has 1 aliphatic heterocycles. The van der Waals surface area contributed by atoms with Gasteiger partial charge in [-0.15, -0.1) is 0 Å². The molecule has 5 rings (SSSR count). The van der Waals surface area contributed by atoms with Gasteiger partial charge < -0.3 is 14.2 Å². The summed E-state index contributed by atoms with van der Waals surface area (Å²) in [6.45, 7) is 4.41. The van der Waals surface area contributed by atoms with E-state index in [1.807, 2.05) is 29.2 Å². The van der Waals surface area contributed by atoms with Crippen molar-refractivity contribution in [1.29, 1.82) is 0 Å². The lowest BCUT2D eigenvalue weighted by Crippen LogP contribution is -3.13. The van der Waals surface area contributed by atoms with Crippen LogP contribution in [-0.2, 0) is 11.3 Å². The molecule has 150 valence electrons. The van der Waals surface area contributed by atoms with Gasteiger partial charge in [-0.2, -0.15) is 0 Å². The highest BCUT2D eigenvalue weighted by molar-refractivity contribution is 5.91. The van der Waals surface area contributed by atoms with E-state index in [0.29, 0.717) is 5.89 Å². The summed E-state index contributed by atoms with van der Waals surface area (Å²) in [5, 5.41) is 2.61. The fraction of sp³-hybridized carbons (Fsp3) is 0.200. The molecule has 30 heavy (non-hydrogen) atoms. The molecule has 1 N–H and O–H groups in total. The second-order valence-corrected chi connectivity index (χ2v) is 7.74. The molecule has 0 saturated carbocycles. The van der Waals surface area contributed by atoms with Crippen LogP contribution in [-0.4, -0.2) is 42.0 Å². The number of nitrogens with one attached hydrogen (secondary N) is 1. The number of piperazine rings is 1. The van der Waals surface area contributed by atoms with Gasteiger partial charge in [0.2, 0.25) is 11.8 Å². The van der Waals surface area contributed by atoms with Gasteiger partial charge in [-0.25, -0.2) is 4.98 Å². The van der Waals surface area contributed by atoms with Crippen molar-refractivity contribution in [2.24, 2.45) is 0 Å². The van der Waals surface area contributed by atoms with Crippen molar-refractivity contribution in [3.8, 4) is 0 Å². The van der Waals surface area contributed by atoms with Crippen molar-refractivity contribution < 1.29 is 14.1 Å². The maximum Gasteiger partial charge on any atom is 0.247 e. The minimum Gasteiger partial charge on any atom is -0.437 e. The van der Waals surface area contributed by atoms with Gasteiger partial charge in [0.1, 0.15) is 12.1 Å². The Morgan fingerprint density at radius 2 is 1.77 bits per heavy atom. The fourth-order valence-electron chi connectivity index (χ4n) is 4.15. The van der Waals surface area contributed by atoms with Gasteiger partial charge >= 0.3 is 0 Å². The lowest BCUT2D eigenvalue weighted by molar-refractivity contribution is -0.917. The highest BCUT2D eigenvalue weighted by atomic mass is 16.3. The summed E-state index contributed by atoms with van der Waals surface area (Å²) < 4.78 is 5.65. The predicted molar refractivity (Wildman–Crippen MR) is 118 cm³/mol. The zero-order valence-electron chi connectivity index (χ0n) is 16.8. The number of quaternary nitrogens is 1. The lowest BCUT2D eigenvalue weighted by Gasteiger charge is -2.31. The lowest BCUT2D eigenvalue weighted by atomic mass is 10.0. The van der Waals surface area contributed by atoms with Gasteiger partial charge in [-0.3, -0.25) is 4.79 Å². The SMILES string of the molecule is O=C(/C=C/c1nc2ccccc2o1)N1CC[NH+](Cc2cccc3ccccc23)CC1. The summed E-state index contributed by atoms with van der Waals surface area (Å²) in [7, 11) is 0. The number of para-hydroxylation sites is 2. The topological polar surface area (TPSA) is 50.8 Å². The summed E-state index contributed by atoms with van der Waals surface area (Å²) >= 11 is 0. The molecule has 1 aromatic heterocycles. The van der Waals surface area contributed by atoms with Crippen LogP contribution in [0.25, 0.3) is 27.9 Å². The normalized spacial score (nSPS) is 15.4. The molecule has 1 amide bonds. The second-order valence-electron chi connectivity index (χ2n) is 7.74. The predicted octanol–water partition coefficient (Wildman–Crippen LogP) is 2.92. The first-order chi connectivity index (χ1) is 14.8. The summed E-state index contributed by atoms with van der Waals surface area (Å²) in [5.74, 6) is 0.478. The Morgan fingerprint density at radius 1 is 1.00 bits per heavy atom. The van der Waals surface area contributed by atoms with Crippen LogP contribution in [0, 0.1) is 0 Å². The first-order valence-corrected chi connectivity index (χ1v) is 10.4. The molecule has 1 aliphatic rings. The van der Waals surface area contributed by atoms with E-state index in [1.165, 1.54) is 21.2 Å². The van der Waals surface area contributed by atoms with Crippen LogP contribution in [0.2, 0.25) is 0 Å². The summed E-state index contributed by atoms with van der Waals surface area (Å²) in [5.41, 5.74) is 2.91. The molecule has 5 heteroatoms. The Balaban J connectivity index is 1.19. The van der Waals surface area contributed by atoms with Crippen LogP contribution < -0.4 is 4.90 Å². The third kappa shape index (κ3) is 3.84. The van der Waals surface area contributed by atoms with E-state index in [1.54, 1.807) is 12.2 Å². The number of hydrogen-bond donors (Lipinski definition) is 1. The smallest absolute Gasteiger partial charge is 0.247 e. The summed E-state index contributed by atoms with van der Waals surface area (Å²) in [4.78, 5) is 20.4. The maximum atomic E-state index is 12.6. The number of benzene rings is 3. The molecular formula is C25H24N3O2+. The van der Waals surface area contributed by atoms with E-state index in [0.717, 1.165) is 43.8 Å². The largest absolute Gasteiger partial charge is 0.437 e. The zero-order valence-corrected chi connectivity index (χ0v) is 16.8. The minimum absolute atomic E-state index is 0.0152.